The van der Waals surface area contributed by atoms with Gasteiger partial charge in [-0.1, -0.05) is 51.7 Å². The van der Waals surface area contributed by atoms with E-state index in [0.29, 0.717) is 5.75 Å². The van der Waals surface area contributed by atoms with Crippen LogP contribution < -0.4 is 4.74 Å². The van der Waals surface area contributed by atoms with Gasteiger partial charge in [-0.2, -0.15) is 8.78 Å². The molecule has 1 nitrogen and oxygen atoms in total. The van der Waals surface area contributed by atoms with E-state index in [1.165, 1.54) is 6.42 Å². The fraction of sp³-hybridized carbons (Fsp3) is 0.647. The number of alkyl halides is 2. The molecule has 1 aromatic rings. The number of rotatable bonds is 10. The van der Waals surface area contributed by atoms with Crippen molar-refractivity contribution in [1.82, 2.24) is 0 Å². The molecule has 0 fully saturated rings. The third kappa shape index (κ3) is 6.36. The van der Waals surface area contributed by atoms with Crippen LogP contribution in [0.5, 0.6) is 5.75 Å². The zero-order valence-electron chi connectivity index (χ0n) is 12.6. The van der Waals surface area contributed by atoms with Crippen LogP contribution in [0, 0.1) is 0 Å². The molecule has 0 saturated heterocycles. The lowest BCUT2D eigenvalue weighted by atomic mass is 10.0. The van der Waals surface area contributed by atoms with Crippen LogP contribution in [0.1, 0.15) is 63.5 Å². The Morgan fingerprint density at radius 3 is 2.20 bits per heavy atom. The molecule has 0 aliphatic heterocycles. The number of unbranched alkanes of at least 4 members (excludes halogenated alkanes) is 4. The quantitative estimate of drug-likeness (QED) is 0.497. The number of aryl methyl sites for hydroxylation is 2. The lowest BCUT2D eigenvalue weighted by Crippen LogP contribution is -2.05. The fourth-order valence-electron chi connectivity index (χ4n) is 2.31. The largest absolute Gasteiger partial charge is 0.435 e. The minimum Gasteiger partial charge on any atom is -0.435 e. The lowest BCUT2D eigenvalue weighted by molar-refractivity contribution is -0.0504. The van der Waals surface area contributed by atoms with Crippen LogP contribution in [0.2, 0.25) is 0 Å². The summed E-state index contributed by atoms with van der Waals surface area (Å²) in [5.74, 6) is 0.366. The van der Waals surface area contributed by atoms with Crippen LogP contribution in [0.25, 0.3) is 0 Å². The molecule has 0 radical (unpaired) electrons. The van der Waals surface area contributed by atoms with Gasteiger partial charge in [0, 0.05) is 0 Å². The monoisotopic (exact) mass is 284 g/mol. The lowest BCUT2D eigenvalue weighted by Gasteiger charge is -2.12. The molecule has 0 saturated carbocycles. The molecule has 0 unspecified atom stereocenters. The van der Waals surface area contributed by atoms with Crippen molar-refractivity contribution in [3.63, 3.8) is 0 Å². The average Bonchev–Trinajstić information content (AvgIpc) is 2.41. The molecule has 1 rings (SSSR count). The first kappa shape index (κ1) is 16.9. The van der Waals surface area contributed by atoms with Crippen LogP contribution in [-0.2, 0) is 12.8 Å². The van der Waals surface area contributed by atoms with Crippen molar-refractivity contribution in [2.75, 3.05) is 0 Å². The van der Waals surface area contributed by atoms with E-state index in [1.54, 1.807) is 6.07 Å². The molecule has 0 aliphatic rings. The second-order valence-corrected chi connectivity index (χ2v) is 5.23. The van der Waals surface area contributed by atoms with E-state index in [2.05, 4.69) is 24.7 Å². The van der Waals surface area contributed by atoms with E-state index in [-0.39, 0.29) is 0 Å². The second-order valence-electron chi connectivity index (χ2n) is 5.23. The van der Waals surface area contributed by atoms with Crippen LogP contribution in [0.3, 0.4) is 0 Å². The van der Waals surface area contributed by atoms with Crippen LogP contribution >= 0.6 is 0 Å². The molecule has 1 aromatic carbocycles. The summed E-state index contributed by atoms with van der Waals surface area (Å²) in [4.78, 5) is 0. The number of benzene rings is 1. The number of halogens is 2. The van der Waals surface area contributed by atoms with E-state index in [9.17, 15) is 8.78 Å². The summed E-state index contributed by atoms with van der Waals surface area (Å²) < 4.78 is 29.7. The minimum atomic E-state index is -2.74. The van der Waals surface area contributed by atoms with Gasteiger partial charge in [-0.25, -0.2) is 0 Å². The molecule has 0 amide bonds. The Bertz CT molecular complexity index is 377. The Morgan fingerprint density at radius 2 is 1.60 bits per heavy atom. The number of hydrogen-bond acceptors (Lipinski definition) is 1. The maximum atomic E-state index is 12.5. The molecule has 0 bridgehead atoms. The van der Waals surface area contributed by atoms with Crippen LogP contribution in [0.4, 0.5) is 8.78 Å². The van der Waals surface area contributed by atoms with Crippen molar-refractivity contribution >= 4 is 0 Å². The van der Waals surface area contributed by atoms with Gasteiger partial charge >= 0.3 is 6.61 Å². The van der Waals surface area contributed by atoms with Gasteiger partial charge in [0.25, 0.3) is 0 Å². The van der Waals surface area contributed by atoms with E-state index >= 15 is 0 Å². The SMILES string of the molecule is CCCCCc1ccc(CCCCC)c(OC(F)F)c1. The molecule has 3 heteroatoms. The Balaban J connectivity index is 2.71. The van der Waals surface area contributed by atoms with E-state index in [1.807, 2.05) is 6.07 Å². The number of hydrogen-bond donors (Lipinski definition) is 0. The zero-order chi connectivity index (χ0) is 14.8. The van der Waals surface area contributed by atoms with Gasteiger partial charge in [-0.05, 0) is 42.9 Å². The summed E-state index contributed by atoms with van der Waals surface area (Å²) in [6, 6.07) is 5.80. The van der Waals surface area contributed by atoms with Gasteiger partial charge in [0.1, 0.15) is 5.75 Å². The topological polar surface area (TPSA) is 9.23 Å². The first-order chi connectivity index (χ1) is 9.67. The summed E-state index contributed by atoms with van der Waals surface area (Å²) in [6.07, 6.45) is 8.43. The smallest absolute Gasteiger partial charge is 0.387 e. The van der Waals surface area contributed by atoms with Gasteiger partial charge in [-0.15, -0.1) is 0 Å². The summed E-state index contributed by atoms with van der Waals surface area (Å²) >= 11 is 0. The van der Waals surface area contributed by atoms with E-state index in [4.69, 9.17) is 0 Å². The highest BCUT2D eigenvalue weighted by atomic mass is 19.3. The summed E-state index contributed by atoms with van der Waals surface area (Å²) in [5, 5.41) is 0. The molecule has 0 heterocycles. The predicted octanol–water partition coefficient (Wildman–Crippen LogP) is 5.75. The molecular weight excluding hydrogens is 258 g/mol. The van der Waals surface area contributed by atoms with Gasteiger partial charge in [0.2, 0.25) is 0 Å². The fourth-order valence-corrected chi connectivity index (χ4v) is 2.31. The molecule has 0 spiro atoms. The Hall–Kier alpha value is -1.12. The average molecular weight is 284 g/mol. The summed E-state index contributed by atoms with van der Waals surface area (Å²) in [7, 11) is 0. The first-order valence-corrected chi connectivity index (χ1v) is 7.74. The maximum absolute atomic E-state index is 12.5. The van der Waals surface area contributed by atoms with Crippen molar-refractivity contribution in [3.05, 3.63) is 29.3 Å². The Kier molecular flexibility index (Phi) is 8.24. The highest BCUT2D eigenvalue weighted by Crippen LogP contribution is 2.25. The Labute approximate surface area is 121 Å². The van der Waals surface area contributed by atoms with Crippen molar-refractivity contribution in [2.24, 2.45) is 0 Å². The zero-order valence-corrected chi connectivity index (χ0v) is 12.6. The maximum Gasteiger partial charge on any atom is 0.387 e. The van der Waals surface area contributed by atoms with Crippen molar-refractivity contribution < 1.29 is 13.5 Å². The van der Waals surface area contributed by atoms with Gasteiger partial charge in [0.15, 0.2) is 0 Å². The second kappa shape index (κ2) is 9.73. The van der Waals surface area contributed by atoms with Crippen molar-refractivity contribution in [1.29, 1.82) is 0 Å². The number of ether oxygens (including phenoxy) is 1. The standard InChI is InChI=1S/C17H26F2O/c1-3-5-7-9-14-11-12-15(10-8-6-4-2)16(13-14)20-17(18)19/h11-13,17H,3-10H2,1-2H3. The first-order valence-electron chi connectivity index (χ1n) is 7.74. The molecule has 114 valence electrons. The van der Waals surface area contributed by atoms with Crippen molar-refractivity contribution in [2.45, 2.75) is 71.8 Å². The minimum absolute atomic E-state index is 0.366. The summed E-state index contributed by atoms with van der Waals surface area (Å²) in [6.45, 7) is 1.54. The normalized spacial score (nSPS) is 11.1. The van der Waals surface area contributed by atoms with Crippen LogP contribution in [-0.4, -0.2) is 6.61 Å². The molecular formula is C17H26F2O. The Morgan fingerprint density at radius 1 is 0.950 bits per heavy atom. The molecule has 0 aliphatic carbocycles. The predicted molar refractivity (Wildman–Crippen MR) is 79.5 cm³/mol. The van der Waals surface area contributed by atoms with Gasteiger partial charge < -0.3 is 4.74 Å². The van der Waals surface area contributed by atoms with Gasteiger partial charge in [0.05, 0.1) is 0 Å². The van der Waals surface area contributed by atoms with E-state index in [0.717, 1.165) is 56.1 Å². The summed E-state index contributed by atoms with van der Waals surface area (Å²) in [5.41, 5.74) is 1.99. The third-order valence-electron chi connectivity index (χ3n) is 3.47. The molecule has 0 atom stereocenters. The third-order valence-corrected chi connectivity index (χ3v) is 3.47. The van der Waals surface area contributed by atoms with Crippen LogP contribution in [0.15, 0.2) is 18.2 Å². The molecule has 0 aromatic heterocycles. The highest BCUT2D eigenvalue weighted by molar-refractivity contribution is 5.38. The van der Waals surface area contributed by atoms with E-state index < -0.39 is 6.61 Å². The van der Waals surface area contributed by atoms with Crippen molar-refractivity contribution in [3.8, 4) is 5.75 Å². The molecule has 20 heavy (non-hydrogen) atoms. The molecule has 0 N–H and O–H groups in total. The highest BCUT2D eigenvalue weighted by Gasteiger charge is 2.10. The van der Waals surface area contributed by atoms with Gasteiger partial charge in [-0.3, -0.25) is 0 Å².